The van der Waals surface area contributed by atoms with Crippen LogP contribution in [0.1, 0.15) is 12.0 Å². The quantitative estimate of drug-likeness (QED) is 0.819. The molecule has 2 rings (SSSR count). The zero-order chi connectivity index (χ0) is 15.9. The molecule has 0 fully saturated rings. The Kier molecular flexibility index (Phi) is 5.81. The molecule has 0 unspecified atom stereocenters. The fraction of sp³-hybridized carbons (Fsp3) is 0.125. The van der Waals surface area contributed by atoms with Crippen LogP contribution in [0.4, 0.5) is 5.69 Å². The van der Waals surface area contributed by atoms with E-state index in [1.54, 1.807) is 36.4 Å². The van der Waals surface area contributed by atoms with E-state index in [-0.39, 0.29) is 18.2 Å². The van der Waals surface area contributed by atoms with E-state index < -0.39 is 0 Å². The number of carbonyl (C=O) groups is 2. The fourth-order valence-corrected chi connectivity index (χ4v) is 2.00. The van der Waals surface area contributed by atoms with E-state index in [1.165, 1.54) is 0 Å². The van der Waals surface area contributed by atoms with Gasteiger partial charge < -0.3 is 10.6 Å². The van der Waals surface area contributed by atoms with Crippen molar-refractivity contribution in [3.05, 3.63) is 64.1 Å². The summed E-state index contributed by atoms with van der Waals surface area (Å²) in [6.45, 7) is 0.351. The Bertz CT molecular complexity index is 655. The van der Waals surface area contributed by atoms with E-state index in [4.69, 9.17) is 23.2 Å². The molecule has 0 aromatic heterocycles. The summed E-state index contributed by atoms with van der Waals surface area (Å²) in [5.74, 6) is -0.725. The molecule has 0 atom stereocenters. The lowest BCUT2D eigenvalue weighted by Gasteiger charge is -2.07. The molecule has 0 bridgehead atoms. The van der Waals surface area contributed by atoms with E-state index in [0.29, 0.717) is 22.3 Å². The second-order valence-corrected chi connectivity index (χ2v) is 5.51. The number of halogens is 2. The SMILES string of the molecule is O=C(CC(=O)Nc1ccc(Cl)cc1)NCc1ccc(Cl)cc1. The number of hydrogen-bond acceptors (Lipinski definition) is 2. The van der Waals surface area contributed by atoms with Crippen LogP contribution in [-0.2, 0) is 16.1 Å². The van der Waals surface area contributed by atoms with Crippen LogP contribution in [0.3, 0.4) is 0 Å². The van der Waals surface area contributed by atoms with Gasteiger partial charge in [0.2, 0.25) is 11.8 Å². The summed E-state index contributed by atoms with van der Waals surface area (Å²) in [5, 5.41) is 6.53. The summed E-state index contributed by atoms with van der Waals surface area (Å²) < 4.78 is 0. The number of carbonyl (C=O) groups excluding carboxylic acids is 2. The first-order valence-corrected chi connectivity index (χ1v) is 7.35. The van der Waals surface area contributed by atoms with Crippen molar-refractivity contribution in [3.8, 4) is 0 Å². The van der Waals surface area contributed by atoms with Crippen molar-refractivity contribution in [2.24, 2.45) is 0 Å². The third kappa shape index (κ3) is 5.39. The van der Waals surface area contributed by atoms with Crippen LogP contribution < -0.4 is 10.6 Å². The second kappa shape index (κ2) is 7.82. The third-order valence-electron chi connectivity index (χ3n) is 2.85. The maximum absolute atomic E-state index is 11.7. The van der Waals surface area contributed by atoms with Crippen molar-refractivity contribution in [1.29, 1.82) is 0 Å². The lowest BCUT2D eigenvalue weighted by Crippen LogP contribution is -2.27. The monoisotopic (exact) mass is 336 g/mol. The van der Waals surface area contributed by atoms with E-state index >= 15 is 0 Å². The molecule has 0 aliphatic heterocycles. The largest absolute Gasteiger partial charge is 0.352 e. The summed E-state index contributed by atoms with van der Waals surface area (Å²) in [5.41, 5.74) is 1.51. The molecular formula is C16H14Cl2N2O2. The van der Waals surface area contributed by atoms with Gasteiger partial charge in [0.05, 0.1) is 0 Å². The van der Waals surface area contributed by atoms with Crippen molar-refractivity contribution in [1.82, 2.24) is 5.32 Å². The molecule has 0 heterocycles. The number of benzene rings is 2. The highest BCUT2D eigenvalue weighted by molar-refractivity contribution is 6.30. The summed E-state index contributed by atoms with van der Waals surface area (Å²) in [6.07, 6.45) is -0.240. The molecule has 0 aliphatic carbocycles. The maximum atomic E-state index is 11.7. The van der Waals surface area contributed by atoms with Crippen LogP contribution in [0.2, 0.25) is 10.0 Å². The third-order valence-corrected chi connectivity index (χ3v) is 3.36. The predicted octanol–water partition coefficient (Wildman–Crippen LogP) is 3.64. The fourth-order valence-electron chi connectivity index (χ4n) is 1.75. The minimum Gasteiger partial charge on any atom is -0.352 e. The highest BCUT2D eigenvalue weighted by Crippen LogP contribution is 2.13. The van der Waals surface area contributed by atoms with Gasteiger partial charge in [-0.25, -0.2) is 0 Å². The van der Waals surface area contributed by atoms with E-state index in [2.05, 4.69) is 10.6 Å². The highest BCUT2D eigenvalue weighted by Gasteiger charge is 2.09. The van der Waals surface area contributed by atoms with Crippen molar-refractivity contribution < 1.29 is 9.59 Å². The first-order chi connectivity index (χ1) is 10.5. The van der Waals surface area contributed by atoms with E-state index in [1.807, 2.05) is 12.1 Å². The van der Waals surface area contributed by atoms with Gasteiger partial charge in [-0.1, -0.05) is 35.3 Å². The lowest BCUT2D eigenvalue weighted by atomic mass is 10.2. The standard InChI is InChI=1S/C16H14Cl2N2O2/c17-12-3-1-11(2-4-12)10-19-15(21)9-16(22)20-14-7-5-13(18)6-8-14/h1-8H,9-10H2,(H,19,21)(H,20,22). The summed E-state index contributed by atoms with van der Waals surface area (Å²) >= 11 is 11.5. The van der Waals surface area contributed by atoms with Gasteiger partial charge >= 0.3 is 0 Å². The molecule has 22 heavy (non-hydrogen) atoms. The molecule has 0 radical (unpaired) electrons. The van der Waals surface area contributed by atoms with Gasteiger partial charge in [-0.05, 0) is 42.0 Å². The summed E-state index contributed by atoms with van der Waals surface area (Å²) in [6, 6.07) is 13.8. The number of rotatable bonds is 5. The van der Waals surface area contributed by atoms with Crippen molar-refractivity contribution in [3.63, 3.8) is 0 Å². The zero-order valence-corrected chi connectivity index (χ0v) is 13.1. The normalized spacial score (nSPS) is 10.1. The van der Waals surface area contributed by atoms with Crippen LogP contribution in [0.5, 0.6) is 0 Å². The first-order valence-electron chi connectivity index (χ1n) is 6.59. The van der Waals surface area contributed by atoms with Crippen LogP contribution >= 0.6 is 23.2 Å². The minimum absolute atomic E-state index is 0.240. The Balaban J connectivity index is 1.77. The van der Waals surface area contributed by atoms with E-state index in [0.717, 1.165) is 5.56 Å². The van der Waals surface area contributed by atoms with Crippen LogP contribution in [0, 0.1) is 0 Å². The van der Waals surface area contributed by atoms with Gasteiger partial charge in [0, 0.05) is 22.3 Å². The van der Waals surface area contributed by atoms with Gasteiger partial charge in [-0.3, -0.25) is 9.59 Å². The number of amides is 2. The van der Waals surface area contributed by atoms with Crippen molar-refractivity contribution >= 4 is 40.7 Å². The first kappa shape index (κ1) is 16.3. The van der Waals surface area contributed by atoms with Crippen LogP contribution in [0.15, 0.2) is 48.5 Å². The molecule has 0 aliphatic rings. The molecule has 4 nitrogen and oxygen atoms in total. The Morgan fingerprint density at radius 1 is 0.818 bits per heavy atom. The molecule has 6 heteroatoms. The summed E-state index contributed by atoms with van der Waals surface area (Å²) in [7, 11) is 0. The zero-order valence-electron chi connectivity index (χ0n) is 11.6. The highest BCUT2D eigenvalue weighted by atomic mass is 35.5. The molecule has 0 spiro atoms. The molecule has 2 amide bonds. The molecule has 2 aromatic carbocycles. The smallest absolute Gasteiger partial charge is 0.233 e. The number of hydrogen-bond donors (Lipinski definition) is 2. The topological polar surface area (TPSA) is 58.2 Å². The van der Waals surface area contributed by atoms with Gasteiger partial charge in [0.1, 0.15) is 6.42 Å². The minimum atomic E-state index is -0.379. The average Bonchev–Trinajstić information content (AvgIpc) is 2.49. The molecule has 114 valence electrons. The van der Waals surface area contributed by atoms with Crippen LogP contribution in [0.25, 0.3) is 0 Å². The van der Waals surface area contributed by atoms with Gasteiger partial charge in [-0.15, -0.1) is 0 Å². The molecule has 2 aromatic rings. The van der Waals surface area contributed by atoms with Crippen molar-refractivity contribution in [2.75, 3.05) is 5.32 Å². The van der Waals surface area contributed by atoms with Crippen LogP contribution in [-0.4, -0.2) is 11.8 Å². The van der Waals surface area contributed by atoms with E-state index in [9.17, 15) is 9.59 Å². The molecule has 2 N–H and O–H groups in total. The van der Waals surface area contributed by atoms with Gasteiger partial charge in [0.25, 0.3) is 0 Å². The molecule has 0 saturated heterocycles. The lowest BCUT2D eigenvalue weighted by molar-refractivity contribution is -0.126. The predicted molar refractivity (Wildman–Crippen MR) is 88.0 cm³/mol. The average molecular weight is 337 g/mol. The Hall–Kier alpha value is -2.04. The second-order valence-electron chi connectivity index (χ2n) is 4.64. The number of anilines is 1. The summed E-state index contributed by atoms with van der Waals surface area (Å²) in [4.78, 5) is 23.5. The maximum Gasteiger partial charge on any atom is 0.233 e. The molecule has 0 saturated carbocycles. The van der Waals surface area contributed by atoms with Crippen molar-refractivity contribution in [2.45, 2.75) is 13.0 Å². The number of nitrogens with one attached hydrogen (secondary N) is 2. The van der Waals surface area contributed by atoms with Gasteiger partial charge in [0.15, 0.2) is 0 Å². The Morgan fingerprint density at radius 2 is 1.36 bits per heavy atom. The van der Waals surface area contributed by atoms with Gasteiger partial charge in [-0.2, -0.15) is 0 Å². The Morgan fingerprint density at radius 3 is 1.95 bits per heavy atom. The Labute approximate surface area is 138 Å². The molecular weight excluding hydrogens is 323 g/mol.